The molecule has 0 heterocycles. The Kier molecular flexibility index (Phi) is 57.4. The van der Waals surface area contributed by atoms with Gasteiger partial charge in [0, 0.05) is 19.3 Å². The summed E-state index contributed by atoms with van der Waals surface area (Å²) in [5.74, 6) is -0.956. The highest BCUT2D eigenvalue weighted by Gasteiger charge is 2.19. The van der Waals surface area contributed by atoms with E-state index in [1.165, 1.54) is 57.8 Å². The Hall–Kier alpha value is -4.45. The first-order valence-electron chi connectivity index (χ1n) is 30.2. The zero-order chi connectivity index (χ0) is 53.6. The molecule has 0 saturated carbocycles. The molecule has 1 atom stereocenters. The van der Waals surface area contributed by atoms with E-state index in [0.29, 0.717) is 19.3 Å². The Bertz CT molecular complexity index is 1600. The summed E-state index contributed by atoms with van der Waals surface area (Å²) in [4.78, 5) is 38.2. The summed E-state index contributed by atoms with van der Waals surface area (Å²) in [6.07, 6.45) is 85.8. The fraction of sp³-hybridized carbons (Fsp3) is 0.632. The first-order chi connectivity index (χ1) is 36.5. The van der Waals surface area contributed by atoms with Gasteiger partial charge in [0.25, 0.3) is 0 Å². The average molecular weight is 1020 g/mol. The van der Waals surface area contributed by atoms with Gasteiger partial charge in [-0.15, -0.1) is 0 Å². The number of allylic oxidation sites excluding steroid dienone is 22. The van der Waals surface area contributed by atoms with E-state index in [0.717, 1.165) is 161 Å². The molecule has 1 unspecified atom stereocenters. The van der Waals surface area contributed by atoms with Crippen LogP contribution in [0.4, 0.5) is 0 Å². The summed E-state index contributed by atoms with van der Waals surface area (Å²) in [5, 5.41) is 0. The zero-order valence-corrected chi connectivity index (χ0v) is 47.8. The van der Waals surface area contributed by atoms with Crippen LogP contribution in [0.25, 0.3) is 0 Å². The molecule has 6 nitrogen and oxygen atoms in total. The van der Waals surface area contributed by atoms with Crippen molar-refractivity contribution in [3.63, 3.8) is 0 Å². The molecule has 0 aromatic heterocycles. The lowest BCUT2D eigenvalue weighted by Gasteiger charge is -2.18. The number of unbranched alkanes of at least 4 members (excludes halogenated alkanes) is 20. The molecule has 6 heteroatoms. The topological polar surface area (TPSA) is 78.9 Å². The Morgan fingerprint density at radius 2 is 0.541 bits per heavy atom. The van der Waals surface area contributed by atoms with Gasteiger partial charge in [-0.2, -0.15) is 0 Å². The summed E-state index contributed by atoms with van der Waals surface area (Å²) in [6, 6.07) is 0. The molecule has 0 bridgehead atoms. The fourth-order valence-corrected chi connectivity index (χ4v) is 7.82. The van der Waals surface area contributed by atoms with Crippen molar-refractivity contribution in [3.05, 3.63) is 134 Å². The van der Waals surface area contributed by atoms with Crippen LogP contribution in [0.1, 0.15) is 258 Å². The number of carbonyl (C=O) groups excluding carboxylic acids is 3. The molecule has 0 rings (SSSR count). The largest absolute Gasteiger partial charge is 0.462 e. The van der Waals surface area contributed by atoms with Crippen LogP contribution in [0.15, 0.2) is 134 Å². The van der Waals surface area contributed by atoms with E-state index >= 15 is 0 Å². The van der Waals surface area contributed by atoms with Crippen molar-refractivity contribution in [2.24, 2.45) is 0 Å². The molecule has 0 fully saturated rings. The van der Waals surface area contributed by atoms with Crippen LogP contribution in [0.2, 0.25) is 0 Å². The highest BCUT2D eigenvalue weighted by atomic mass is 16.6. The van der Waals surface area contributed by atoms with Gasteiger partial charge in [-0.05, 0) is 135 Å². The number of ether oxygens (including phenoxy) is 3. The predicted molar refractivity (Wildman–Crippen MR) is 320 cm³/mol. The SMILES string of the molecule is CC/C=C\C/C=C\C/C=C\C/C=C\C/C=C\C/C=C\CCCCCCC(=O)OCC(COC(=O)CCCCCCC/C=C\C/C=C\CCCC)OC(=O)CCCCCCCC/C=C\C/C=C\C/C=C\CCCCC. The lowest BCUT2D eigenvalue weighted by atomic mass is 10.1. The lowest BCUT2D eigenvalue weighted by molar-refractivity contribution is -0.167. The van der Waals surface area contributed by atoms with E-state index < -0.39 is 6.10 Å². The van der Waals surface area contributed by atoms with Crippen LogP contribution < -0.4 is 0 Å². The fourth-order valence-electron chi connectivity index (χ4n) is 7.82. The summed E-state index contributed by atoms with van der Waals surface area (Å²) >= 11 is 0. The van der Waals surface area contributed by atoms with Gasteiger partial charge in [0.1, 0.15) is 13.2 Å². The molecular weight excluding hydrogens is 913 g/mol. The molecule has 0 saturated heterocycles. The van der Waals surface area contributed by atoms with Crippen molar-refractivity contribution in [1.29, 1.82) is 0 Å². The number of rotatable bonds is 53. The van der Waals surface area contributed by atoms with E-state index in [2.05, 4.69) is 154 Å². The van der Waals surface area contributed by atoms with E-state index in [-0.39, 0.29) is 31.1 Å². The van der Waals surface area contributed by atoms with Crippen molar-refractivity contribution in [1.82, 2.24) is 0 Å². The maximum Gasteiger partial charge on any atom is 0.306 e. The Morgan fingerprint density at radius 1 is 0.284 bits per heavy atom. The van der Waals surface area contributed by atoms with Gasteiger partial charge in [0.2, 0.25) is 0 Å². The second-order valence-electron chi connectivity index (χ2n) is 19.5. The summed E-state index contributed by atoms with van der Waals surface area (Å²) < 4.78 is 16.9. The molecular formula is C68H110O6. The molecule has 0 aromatic carbocycles. The Balaban J connectivity index is 4.49. The smallest absolute Gasteiger partial charge is 0.306 e. The van der Waals surface area contributed by atoms with Gasteiger partial charge >= 0.3 is 17.9 Å². The minimum absolute atomic E-state index is 0.103. The molecule has 0 aliphatic carbocycles. The summed E-state index contributed by atoms with van der Waals surface area (Å²) in [5.41, 5.74) is 0. The van der Waals surface area contributed by atoms with Crippen molar-refractivity contribution < 1.29 is 28.6 Å². The summed E-state index contributed by atoms with van der Waals surface area (Å²) in [6.45, 7) is 6.41. The van der Waals surface area contributed by atoms with Gasteiger partial charge in [0.05, 0.1) is 0 Å². The maximum absolute atomic E-state index is 12.9. The van der Waals surface area contributed by atoms with Crippen LogP contribution in [-0.2, 0) is 28.6 Å². The predicted octanol–water partition coefficient (Wildman–Crippen LogP) is 20.6. The van der Waals surface area contributed by atoms with E-state index in [9.17, 15) is 14.4 Å². The monoisotopic (exact) mass is 1020 g/mol. The highest BCUT2D eigenvalue weighted by molar-refractivity contribution is 5.71. The third kappa shape index (κ3) is 58.4. The molecule has 0 spiro atoms. The average Bonchev–Trinajstić information content (AvgIpc) is 3.40. The third-order valence-electron chi connectivity index (χ3n) is 12.4. The molecule has 0 N–H and O–H groups in total. The molecule has 0 aliphatic rings. The Morgan fingerprint density at radius 3 is 0.865 bits per heavy atom. The van der Waals surface area contributed by atoms with Crippen LogP contribution in [0, 0.1) is 0 Å². The van der Waals surface area contributed by atoms with Gasteiger partial charge in [-0.3, -0.25) is 14.4 Å². The third-order valence-corrected chi connectivity index (χ3v) is 12.4. The van der Waals surface area contributed by atoms with Crippen LogP contribution in [0.5, 0.6) is 0 Å². The lowest BCUT2D eigenvalue weighted by Crippen LogP contribution is -2.30. The van der Waals surface area contributed by atoms with Gasteiger partial charge in [-0.1, -0.05) is 238 Å². The second-order valence-corrected chi connectivity index (χ2v) is 19.5. The van der Waals surface area contributed by atoms with Gasteiger partial charge < -0.3 is 14.2 Å². The van der Waals surface area contributed by atoms with Crippen molar-refractivity contribution in [3.8, 4) is 0 Å². The van der Waals surface area contributed by atoms with Crippen LogP contribution >= 0.6 is 0 Å². The first-order valence-corrected chi connectivity index (χ1v) is 30.2. The van der Waals surface area contributed by atoms with Crippen LogP contribution in [-0.4, -0.2) is 37.2 Å². The van der Waals surface area contributed by atoms with E-state index in [1.807, 2.05) is 0 Å². The number of esters is 3. The standard InChI is InChI=1S/C68H110O6/c1-4-7-10-13-16-19-22-25-28-30-32-33-34-35-37-38-40-43-46-49-52-55-58-61-67(70)73-64-65(63-72-66(69)60-57-54-51-48-45-42-27-24-21-18-15-12-9-6-3)74-68(71)62-59-56-53-50-47-44-41-39-36-31-29-26-23-20-17-14-11-8-5-2/h7,10,15-20,24-29,32-33,35-37,39-40,43,65H,4-6,8-9,11-14,21-23,30-31,34,38,41-42,44-64H2,1-3H3/b10-7-,18-15-,19-16-,20-17-,27-24-,28-25-,29-26-,33-32-,37-35-,39-36-,43-40-. The quantitative estimate of drug-likeness (QED) is 0.0261. The van der Waals surface area contributed by atoms with Crippen LogP contribution in [0.3, 0.4) is 0 Å². The number of carbonyl (C=O) groups is 3. The van der Waals surface area contributed by atoms with Gasteiger partial charge in [-0.25, -0.2) is 0 Å². The Labute approximate surface area is 455 Å². The molecule has 0 radical (unpaired) electrons. The van der Waals surface area contributed by atoms with Gasteiger partial charge in [0.15, 0.2) is 6.10 Å². The molecule has 0 amide bonds. The normalized spacial score (nSPS) is 13.1. The maximum atomic E-state index is 12.9. The minimum atomic E-state index is -0.808. The highest BCUT2D eigenvalue weighted by Crippen LogP contribution is 2.14. The van der Waals surface area contributed by atoms with Crippen molar-refractivity contribution in [2.75, 3.05) is 13.2 Å². The molecule has 418 valence electrons. The van der Waals surface area contributed by atoms with Crippen molar-refractivity contribution in [2.45, 2.75) is 264 Å². The first kappa shape index (κ1) is 69.5. The number of hydrogen-bond acceptors (Lipinski definition) is 6. The van der Waals surface area contributed by atoms with E-state index in [1.54, 1.807) is 0 Å². The molecule has 0 aliphatic heterocycles. The minimum Gasteiger partial charge on any atom is -0.462 e. The zero-order valence-electron chi connectivity index (χ0n) is 47.8. The van der Waals surface area contributed by atoms with Crippen molar-refractivity contribution >= 4 is 17.9 Å². The van der Waals surface area contributed by atoms with E-state index in [4.69, 9.17) is 14.2 Å². The second kappa shape index (κ2) is 61.1. The number of hydrogen-bond donors (Lipinski definition) is 0. The summed E-state index contributed by atoms with van der Waals surface area (Å²) in [7, 11) is 0. The molecule has 0 aromatic rings. The molecule has 74 heavy (non-hydrogen) atoms.